The van der Waals surface area contributed by atoms with Crippen LogP contribution in [0, 0.1) is 0 Å². The first-order chi connectivity index (χ1) is 8.87. The van der Waals surface area contributed by atoms with Gasteiger partial charge in [0.1, 0.15) is 0 Å². The molecule has 10 heteroatoms. The molecule has 1 saturated carbocycles. The first-order valence-corrected chi connectivity index (χ1v) is 8.02. The highest BCUT2D eigenvalue weighted by Gasteiger charge is 2.40. The molecule has 1 heterocycles. The Labute approximate surface area is 114 Å². The Morgan fingerprint density at radius 1 is 1.47 bits per heavy atom. The van der Waals surface area contributed by atoms with Gasteiger partial charge in [-0.25, -0.2) is 13.1 Å². The van der Waals surface area contributed by atoms with E-state index < -0.39 is 15.6 Å². The molecule has 0 unspecified atom stereocenters. The van der Waals surface area contributed by atoms with Gasteiger partial charge in [0, 0.05) is 19.0 Å². The lowest BCUT2D eigenvalue weighted by Crippen LogP contribution is -2.58. The number of hydrogen-bond acceptors (Lipinski definition) is 7. The maximum atomic E-state index is 12.1. The quantitative estimate of drug-likeness (QED) is 0.638. The summed E-state index contributed by atoms with van der Waals surface area (Å²) in [5.74, 6) is -0.328. The summed E-state index contributed by atoms with van der Waals surface area (Å²) >= 11 is 0.808. The van der Waals surface area contributed by atoms with Gasteiger partial charge in [-0.15, -0.1) is 10.2 Å². The van der Waals surface area contributed by atoms with Gasteiger partial charge >= 0.3 is 0 Å². The van der Waals surface area contributed by atoms with E-state index in [2.05, 4.69) is 20.2 Å². The van der Waals surface area contributed by atoms with Crippen molar-refractivity contribution in [2.75, 3.05) is 11.9 Å². The van der Waals surface area contributed by atoms with E-state index in [1.165, 1.54) is 6.92 Å². The fourth-order valence-corrected chi connectivity index (χ4v) is 4.22. The van der Waals surface area contributed by atoms with Crippen LogP contribution in [0.3, 0.4) is 0 Å². The van der Waals surface area contributed by atoms with E-state index in [-0.39, 0.29) is 21.9 Å². The second-order valence-corrected chi connectivity index (χ2v) is 7.33. The third kappa shape index (κ3) is 3.08. The fraction of sp³-hybridized carbons (Fsp3) is 0.667. The smallest absolute Gasteiger partial charge is 0.270 e. The van der Waals surface area contributed by atoms with Crippen LogP contribution in [0.5, 0.6) is 0 Å². The molecule has 0 aromatic carbocycles. The molecule has 4 N–H and O–H groups in total. The predicted molar refractivity (Wildman–Crippen MR) is 70.2 cm³/mol. The summed E-state index contributed by atoms with van der Waals surface area (Å²) in [5.41, 5.74) is 5.05. The van der Waals surface area contributed by atoms with Gasteiger partial charge in [0.25, 0.3) is 10.0 Å². The Morgan fingerprint density at radius 3 is 2.63 bits per heavy atom. The molecule has 0 saturated heterocycles. The van der Waals surface area contributed by atoms with Crippen molar-refractivity contribution < 1.29 is 13.2 Å². The average molecular weight is 305 g/mol. The third-order valence-corrected chi connectivity index (χ3v) is 5.76. The number of anilines is 1. The molecule has 1 aliphatic rings. The van der Waals surface area contributed by atoms with Crippen molar-refractivity contribution in [1.82, 2.24) is 14.9 Å². The van der Waals surface area contributed by atoms with E-state index in [1.54, 1.807) is 0 Å². The van der Waals surface area contributed by atoms with Gasteiger partial charge in [-0.2, -0.15) is 0 Å². The van der Waals surface area contributed by atoms with Crippen molar-refractivity contribution in [2.45, 2.75) is 36.1 Å². The maximum Gasteiger partial charge on any atom is 0.270 e. The first-order valence-electron chi connectivity index (χ1n) is 5.72. The fourth-order valence-electron chi connectivity index (χ4n) is 1.80. The van der Waals surface area contributed by atoms with Gasteiger partial charge in [0.15, 0.2) is 0 Å². The molecular weight excluding hydrogens is 290 g/mol. The Morgan fingerprint density at radius 2 is 2.16 bits per heavy atom. The number of carbonyl (C=O) groups is 1. The van der Waals surface area contributed by atoms with Gasteiger partial charge < -0.3 is 11.1 Å². The van der Waals surface area contributed by atoms with Crippen LogP contribution in [0.4, 0.5) is 5.13 Å². The lowest BCUT2D eigenvalue weighted by molar-refractivity contribution is -0.114. The summed E-state index contributed by atoms with van der Waals surface area (Å²) in [4.78, 5) is 10.8. The van der Waals surface area contributed by atoms with Gasteiger partial charge in [-0.05, 0) is 19.3 Å². The predicted octanol–water partition coefficient (Wildman–Crippen LogP) is -0.344. The molecule has 106 valence electrons. The number of sulfonamides is 1. The molecule has 1 aromatic rings. The molecule has 2 rings (SSSR count). The van der Waals surface area contributed by atoms with Crippen molar-refractivity contribution in [1.29, 1.82) is 0 Å². The molecule has 1 aliphatic carbocycles. The second-order valence-electron chi connectivity index (χ2n) is 4.50. The van der Waals surface area contributed by atoms with Crippen LogP contribution in [0.2, 0.25) is 0 Å². The molecule has 1 fully saturated rings. The van der Waals surface area contributed by atoms with Gasteiger partial charge in [0.05, 0.1) is 0 Å². The van der Waals surface area contributed by atoms with Crippen LogP contribution in [-0.2, 0) is 14.8 Å². The van der Waals surface area contributed by atoms with Gasteiger partial charge in [-0.3, -0.25) is 4.79 Å². The normalized spacial score (nSPS) is 17.8. The molecule has 0 atom stereocenters. The number of amides is 1. The molecule has 19 heavy (non-hydrogen) atoms. The standard InChI is InChI=1S/C9H15N5O3S2/c1-6(15)11-7-12-13-8(18-7)19(16,17)14-9(5-10)3-2-4-9/h14H,2-5,10H2,1H3,(H,11,12,15). The van der Waals surface area contributed by atoms with Crippen molar-refractivity contribution in [3.05, 3.63) is 0 Å². The lowest BCUT2D eigenvalue weighted by Gasteiger charge is -2.40. The summed E-state index contributed by atoms with van der Waals surface area (Å²) in [6.07, 6.45) is 2.40. The number of nitrogens with one attached hydrogen (secondary N) is 2. The summed E-state index contributed by atoms with van der Waals surface area (Å²) in [7, 11) is -3.74. The number of nitrogens with zero attached hydrogens (tertiary/aromatic N) is 2. The maximum absolute atomic E-state index is 12.1. The zero-order valence-corrected chi connectivity index (χ0v) is 12.0. The molecule has 0 radical (unpaired) electrons. The largest absolute Gasteiger partial charge is 0.329 e. The molecule has 1 aromatic heterocycles. The van der Waals surface area contributed by atoms with Crippen molar-refractivity contribution >= 4 is 32.4 Å². The minimum absolute atomic E-state index is 0.156. The van der Waals surface area contributed by atoms with Gasteiger partial charge in [-0.1, -0.05) is 11.3 Å². The van der Waals surface area contributed by atoms with E-state index in [0.717, 1.165) is 30.6 Å². The Kier molecular flexibility index (Phi) is 3.85. The molecular formula is C9H15N5O3S2. The number of hydrogen-bond donors (Lipinski definition) is 3. The Hall–Kier alpha value is -1.10. The Bertz CT molecular complexity index is 573. The molecule has 8 nitrogen and oxygen atoms in total. The molecule has 1 amide bonds. The van der Waals surface area contributed by atoms with Crippen LogP contribution in [-0.4, -0.2) is 36.6 Å². The van der Waals surface area contributed by atoms with Crippen LogP contribution in [0.15, 0.2) is 4.34 Å². The Balaban J connectivity index is 2.15. The van der Waals surface area contributed by atoms with Crippen molar-refractivity contribution in [3.63, 3.8) is 0 Å². The highest BCUT2D eigenvalue weighted by atomic mass is 32.2. The van der Waals surface area contributed by atoms with Crippen LogP contribution >= 0.6 is 11.3 Å². The monoisotopic (exact) mass is 305 g/mol. The highest BCUT2D eigenvalue weighted by molar-refractivity contribution is 7.91. The van der Waals surface area contributed by atoms with E-state index in [0.29, 0.717) is 0 Å². The minimum Gasteiger partial charge on any atom is -0.329 e. The SMILES string of the molecule is CC(=O)Nc1nnc(S(=O)(=O)NC2(CN)CCC2)s1. The summed E-state index contributed by atoms with van der Waals surface area (Å²) < 4.78 is 26.7. The molecule has 0 spiro atoms. The topological polar surface area (TPSA) is 127 Å². The number of aromatic nitrogens is 2. The summed E-state index contributed by atoms with van der Waals surface area (Å²) in [6.45, 7) is 1.56. The zero-order chi connectivity index (χ0) is 14.1. The second kappa shape index (κ2) is 5.12. The first kappa shape index (κ1) is 14.3. The molecule has 0 bridgehead atoms. The van der Waals surface area contributed by atoms with E-state index in [9.17, 15) is 13.2 Å². The van der Waals surface area contributed by atoms with E-state index in [1.807, 2.05) is 0 Å². The van der Waals surface area contributed by atoms with Crippen LogP contribution in [0.1, 0.15) is 26.2 Å². The summed E-state index contributed by atoms with van der Waals surface area (Å²) in [5, 5.41) is 9.74. The highest BCUT2D eigenvalue weighted by Crippen LogP contribution is 2.33. The van der Waals surface area contributed by atoms with E-state index in [4.69, 9.17) is 5.73 Å². The lowest BCUT2D eigenvalue weighted by atomic mass is 9.78. The van der Waals surface area contributed by atoms with Crippen LogP contribution < -0.4 is 15.8 Å². The zero-order valence-electron chi connectivity index (χ0n) is 10.3. The molecule has 0 aliphatic heterocycles. The number of nitrogens with two attached hydrogens (primary N) is 1. The van der Waals surface area contributed by atoms with Crippen LogP contribution in [0.25, 0.3) is 0 Å². The summed E-state index contributed by atoms with van der Waals surface area (Å²) in [6, 6.07) is 0. The average Bonchev–Trinajstić information content (AvgIpc) is 2.72. The van der Waals surface area contributed by atoms with E-state index >= 15 is 0 Å². The number of rotatable bonds is 5. The third-order valence-electron chi connectivity index (χ3n) is 2.97. The number of carbonyl (C=O) groups excluding carboxylic acids is 1. The minimum atomic E-state index is -3.74. The van der Waals surface area contributed by atoms with Crippen molar-refractivity contribution in [3.8, 4) is 0 Å². The van der Waals surface area contributed by atoms with Gasteiger partial charge in [0.2, 0.25) is 15.4 Å². The van der Waals surface area contributed by atoms with Crippen molar-refractivity contribution in [2.24, 2.45) is 5.73 Å².